The molecule has 0 aliphatic rings. The number of pyridine rings is 1. The van der Waals surface area contributed by atoms with Crippen molar-refractivity contribution in [2.24, 2.45) is 4.99 Å². The van der Waals surface area contributed by atoms with Gasteiger partial charge in [-0.1, -0.05) is 24.3 Å². The molecule has 1 amide bonds. The maximum Gasteiger partial charge on any atom is 0.258 e. The number of benzene rings is 2. The molecule has 1 heterocycles. The van der Waals surface area contributed by atoms with Crippen molar-refractivity contribution in [1.29, 1.82) is 0 Å². The molecular weight excluding hydrogens is 330 g/mol. The zero-order valence-corrected chi connectivity index (χ0v) is 14.6. The van der Waals surface area contributed by atoms with Crippen molar-refractivity contribution in [3.05, 3.63) is 70.0 Å². The van der Waals surface area contributed by atoms with Gasteiger partial charge in [-0.2, -0.15) is 0 Å². The van der Waals surface area contributed by atoms with Crippen LogP contribution in [0.3, 0.4) is 0 Å². The van der Waals surface area contributed by atoms with E-state index in [4.69, 9.17) is 0 Å². The Kier molecular flexibility index (Phi) is 4.84. The first-order chi connectivity index (χ1) is 12.5. The second-order valence-electron chi connectivity index (χ2n) is 5.89. The van der Waals surface area contributed by atoms with Gasteiger partial charge >= 0.3 is 0 Å². The first kappa shape index (κ1) is 17.4. The lowest BCUT2D eigenvalue weighted by Crippen LogP contribution is -2.26. The largest absolute Gasteiger partial charge is 0.494 e. The Balaban J connectivity index is 2.00. The number of aliphatic imine (C=N–C) groups is 1. The van der Waals surface area contributed by atoms with Gasteiger partial charge in [-0.3, -0.25) is 19.6 Å². The summed E-state index contributed by atoms with van der Waals surface area (Å²) in [6.45, 7) is 2.52. The zero-order chi connectivity index (χ0) is 18.7. The highest BCUT2D eigenvalue weighted by molar-refractivity contribution is 6.02. The number of nitrogens with one attached hydrogen (secondary N) is 1. The Morgan fingerprint density at radius 3 is 2.65 bits per heavy atom. The summed E-state index contributed by atoms with van der Waals surface area (Å²) in [4.78, 5) is 32.6. The molecule has 0 saturated carbocycles. The molecule has 0 unspecified atom stereocenters. The van der Waals surface area contributed by atoms with Crippen LogP contribution in [-0.4, -0.2) is 40.7 Å². The summed E-state index contributed by atoms with van der Waals surface area (Å²) in [5, 5.41) is 11.2. The highest BCUT2D eigenvalue weighted by Crippen LogP contribution is 2.22. The lowest BCUT2D eigenvalue weighted by Gasteiger charge is -2.14. The smallest absolute Gasteiger partial charge is 0.258 e. The van der Waals surface area contributed by atoms with Crippen LogP contribution >= 0.6 is 0 Å². The maximum atomic E-state index is 12.3. The molecule has 0 radical (unpaired) electrons. The Morgan fingerprint density at radius 2 is 1.92 bits per heavy atom. The van der Waals surface area contributed by atoms with Crippen LogP contribution < -0.4 is 5.56 Å². The van der Waals surface area contributed by atoms with Gasteiger partial charge in [0.2, 0.25) is 5.88 Å². The van der Waals surface area contributed by atoms with Crippen molar-refractivity contribution in [1.82, 2.24) is 9.88 Å². The molecule has 132 valence electrons. The van der Waals surface area contributed by atoms with E-state index in [1.165, 1.54) is 6.21 Å². The summed E-state index contributed by atoms with van der Waals surface area (Å²) < 4.78 is 0. The predicted molar refractivity (Wildman–Crippen MR) is 103 cm³/mol. The van der Waals surface area contributed by atoms with E-state index in [0.717, 1.165) is 0 Å². The standard InChI is InChI=1S/C20H19N3O3/c1-3-23(2)20(26)13-7-6-8-14(11-13)21-12-17-15-9-4-5-10-16(15)18(24)22-19(17)25/h4-12H,3H2,1-2H3,(H2,22,24,25). The predicted octanol–water partition coefficient (Wildman–Crippen LogP) is 3.08. The number of hydrogen-bond acceptors (Lipinski definition) is 4. The monoisotopic (exact) mass is 349 g/mol. The molecule has 3 aromatic rings. The fourth-order valence-corrected chi connectivity index (χ4v) is 2.64. The first-order valence-electron chi connectivity index (χ1n) is 8.25. The van der Waals surface area contributed by atoms with Crippen LogP contribution in [0.2, 0.25) is 0 Å². The first-order valence-corrected chi connectivity index (χ1v) is 8.25. The molecule has 2 N–H and O–H groups in total. The quantitative estimate of drug-likeness (QED) is 0.710. The normalized spacial score (nSPS) is 11.2. The number of carbonyl (C=O) groups excluding carboxylic acids is 1. The Hall–Kier alpha value is -3.41. The van der Waals surface area contributed by atoms with Crippen molar-refractivity contribution >= 4 is 28.6 Å². The van der Waals surface area contributed by atoms with Crippen LogP contribution in [0, 0.1) is 0 Å². The average molecular weight is 349 g/mol. The second-order valence-corrected chi connectivity index (χ2v) is 5.89. The molecule has 0 aliphatic heterocycles. The van der Waals surface area contributed by atoms with Crippen LogP contribution in [-0.2, 0) is 0 Å². The van der Waals surface area contributed by atoms with E-state index in [1.54, 1.807) is 60.5 Å². The highest BCUT2D eigenvalue weighted by Gasteiger charge is 2.11. The van der Waals surface area contributed by atoms with Gasteiger partial charge in [0, 0.05) is 36.1 Å². The minimum Gasteiger partial charge on any atom is -0.494 e. The van der Waals surface area contributed by atoms with Crippen molar-refractivity contribution < 1.29 is 9.90 Å². The molecule has 26 heavy (non-hydrogen) atoms. The summed E-state index contributed by atoms with van der Waals surface area (Å²) in [7, 11) is 1.74. The molecule has 0 saturated heterocycles. The van der Waals surface area contributed by atoms with E-state index in [2.05, 4.69) is 9.98 Å². The van der Waals surface area contributed by atoms with Crippen LogP contribution in [0.4, 0.5) is 5.69 Å². The van der Waals surface area contributed by atoms with Crippen LogP contribution in [0.25, 0.3) is 10.8 Å². The van der Waals surface area contributed by atoms with Crippen molar-refractivity contribution in [2.45, 2.75) is 6.92 Å². The Labute approximate surface area is 150 Å². The number of aromatic nitrogens is 1. The average Bonchev–Trinajstić information content (AvgIpc) is 2.67. The summed E-state index contributed by atoms with van der Waals surface area (Å²) >= 11 is 0. The number of carbonyl (C=O) groups is 1. The third kappa shape index (κ3) is 3.35. The van der Waals surface area contributed by atoms with E-state index in [0.29, 0.717) is 34.1 Å². The summed E-state index contributed by atoms with van der Waals surface area (Å²) in [5.41, 5.74) is 1.18. The van der Waals surface area contributed by atoms with E-state index in [1.807, 2.05) is 6.92 Å². The molecule has 0 fully saturated rings. The topological polar surface area (TPSA) is 85.8 Å². The zero-order valence-electron chi connectivity index (χ0n) is 14.6. The fraction of sp³-hybridized carbons (Fsp3) is 0.150. The number of amides is 1. The number of rotatable bonds is 4. The molecule has 0 aliphatic carbocycles. The van der Waals surface area contributed by atoms with Gasteiger partial charge in [-0.05, 0) is 31.2 Å². The number of fused-ring (bicyclic) bond motifs is 1. The molecular formula is C20H19N3O3. The van der Waals surface area contributed by atoms with Gasteiger partial charge in [-0.15, -0.1) is 0 Å². The molecule has 6 heteroatoms. The Morgan fingerprint density at radius 1 is 1.19 bits per heavy atom. The number of H-pyrrole nitrogens is 1. The highest BCUT2D eigenvalue weighted by atomic mass is 16.3. The maximum absolute atomic E-state index is 12.3. The number of nitrogens with zero attached hydrogens (tertiary/aromatic N) is 2. The van der Waals surface area contributed by atoms with Gasteiger partial charge in [0.1, 0.15) is 0 Å². The lowest BCUT2D eigenvalue weighted by atomic mass is 10.1. The minimum absolute atomic E-state index is 0.0816. The molecule has 3 rings (SSSR count). The molecule has 1 aromatic heterocycles. The van der Waals surface area contributed by atoms with Crippen LogP contribution in [0.5, 0.6) is 5.88 Å². The Bertz CT molecular complexity index is 1050. The number of aromatic amines is 1. The summed E-state index contributed by atoms with van der Waals surface area (Å²) in [5.74, 6) is -0.322. The van der Waals surface area contributed by atoms with E-state index in [-0.39, 0.29) is 17.3 Å². The summed E-state index contributed by atoms with van der Waals surface area (Å²) in [6.07, 6.45) is 1.49. The number of hydrogen-bond donors (Lipinski definition) is 2. The summed E-state index contributed by atoms with van der Waals surface area (Å²) in [6, 6.07) is 13.9. The van der Waals surface area contributed by atoms with E-state index in [9.17, 15) is 14.7 Å². The van der Waals surface area contributed by atoms with Gasteiger partial charge < -0.3 is 10.0 Å². The molecule has 2 aromatic carbocycles. The van der Waals surface area contributed by atoms with Gasteiger partial charge in [-0.25, -0.2) is 0 Å². The number of aromatic hydroxyl groups is 1. The van der Waals surface area contributed by atoms with Gasteiger partial charge in [0.15, 0.2) is 0 Å². The minimum atomic E-state index is -0.356. The third-order valence-corrected chi connectivity index (χ3v) is 4.21. The van der Waals surface area contributed by atoms with Crippen molar-refractivity contribution in [2.75, 3.05) is 13.6 Å². The lowest BCUT2D eigenvalue weighted by molar-refractivity contribution is 0.0802. The van der Waals surface area contributed by atoms with E-state index < -0.39 is 0 Å². The van der Waals surface area contributed by atoms with Crippen molar-refractivity contribution in [3.63, 3.8) is 0 Å². The van der Waals surface area contributed by atoms with Gasteiger partial charge in [0.05, 0.1) is 11.3 Å². The van der Waals surface area contributed by atoms with E-state index >= 15 is 0 Å². The van der Waals surface area contributed by atoms with Crippen molar-refractivity contribution in [3.8, 4) is 5.88 Å². The molecule has 0 spiro atoms. The molecule has 0 bridgehead atoms. The molecule has 6 nitrogen and oxygen atoms in total. The van der Waals surface area contributed by atoms with Crippen LogP contribution in [0.15, 0.2) is 58.3 Å². The third-order valence-electron chi connectivity index (χ3n) is 4.21. The van der Waals surface area contributed by atoms with Crippen LogP contribution in [0.1, 0.15) is 22.8 Å². The van der Waals surface area contributed by atoms with Gasteiger partial charge in [0.25, 0.3) is 11.5 Å². The fourth-order valence-electron chi connectivity index (χ4n) is 2.64. The molecule has 0 atom stereocenters. The second kappa shape index (κ2) is 7.23. The SMILES string of the molecule is CCN(C)C(=O)c1cccc(N=Cc2c(O)[nH]c(=O)c3ccccc23)c1.